The zero-order chi connectivity index (χ0) is 17.8. The lowest BCUT2D eigenvalue weighted by Gasteiger charge is -2.06. The van der Waals surface area contributed by atoms with Crippen LogP contribution in [-0.2, 0) is 6.42 Å². The van der Waals surface area contributed by atoms with Gasteiger partial charge in [-0.25, -0.2) is 0 Å². The minimum absolute atomic E-state index is 0.0960. The van der Waals surface area contributed by atoms with Gasteiger partial charge in [-0.1, -0.05) is 23.8 Å². The number of benzene rings is 2. The quantitative estimate of drug-likeness (QED) is 0.773. The molecule has 1 heterocycles. The molecule has 1 aromatic heterocycles. The van der Waals surface area contributed by atoms with Crippen LogP contribution >= 0.6 is 0 Å². The first kappa shape index (κ1) is 16.9. The van der Waals surface area contributed by atoms with Gasteiger partial charge in [0.05, 0.1) is 0 Å². The Morgan fingerprint density at radius 1 is 1.00 bits per heavy atom. The van der Waals surface area contributed by atoms with E-state index in [0.29, 0.717) is 30.3 Å². The molecule has 25 heavy (non-hydrogen) atoms. The summed E-state index contributed by atoms with van der Waals surface area (Å²) in [4.78, 5) is 12.2. The number of rotatable bonds is 5. The Morgan fingerprint density at radius 2 is 1.76 bits per heavy atom. The molecular formula is C20H21N3O2. The molecule has 0 spiro atoms. The van der Waals surface area contributed by atoms with Crippen molar-refractivity contribution in [3.05, 3.63) is 70.6 Å². The number of nitrogens with one attached hydrogen (secondary N) is 1. The van der Waals surface area contributed by atoms with E-state index in [9.17, 15) is 4.79 Å². The number of carbonyl (C=O) groups excluding carboxylic acids is 1. The van der Waals surface area contributed by atoms with Crippen LogP contribution in [0.4, 0.5) is 0 Å². The fraction of sp³-hybridized carbons (Fsp3) is 0.250. The zero-order valence-corrected chi connectivity index (χ0v) is 14.7. The topological polar surface area (TPSA) is 68.0 Å². The fourth-order valence-electron chi connectivity index (χ4n) is 2.44. The lowest BCUT2D eigenvalue weighted by Crippen LogP contribution is -2.25. The normalized spacial score (nSPS) is 10.7. The van der Waals surface area contributed by atoms with Gasteiger partial charge >= 0.3 is 0 Å². The first-order chi connectivity index (χ1) is 12.0. The highest BCUT2D eigenvalue weighted by molar-refractivity contribution is 5.94. The van der Waals surface area contributed by atoms with Gasteiger partial charge in [-0.2, -0.15) is 0 Å². The number of aryl methyl sites for hydroxylation is 3. The molecule has 0 saturated carbocycles. The number of nitrogens with zero attached hydrogens (tertiary/aromatic N) is 2. The molecule has 128 valence electrons. The summed E-state index contributed by atoms with van der Waals surface area (Å²) >= 11 is 0. The predicted molar refractivity (Wildman–Crippen MR) is 96.4 cm³/mol. The van der Waals surface area contributed by atoms with E-state index in [1.54, 1.807) is 0 Å². The van der Waals surface area contributed by atoms with Crippen molar-refractivity contribution in [3.8, 4) is 11.5 Å². The SMILES string of the molecule is Cc1ccc(-c2nnc(CCNC(=O)c3ccc(C)c(C)c3)o2)cc1. The van der Waals surface area contributed by atoms with Crippen LogP contribution in [0.5, 0.6) is 0 Å². The summed E-state index contributed by atoms with van der Waals surface area (Å²) in [7, 11) is 0. The minimum Gasteiger partial charge on any atom is -0.421 e. The number of hydrogen-bond acceptors (Lipinski definition) is 4. The Morgan fingerprint density at radius 3 is 2.48 bits per heavy atom. The van der Waals surface area contributed by atoms with Crippen molar-refractivity contribution < 1.29 is 9.21 Å². The van der Waals surface area contributed by atoms with E-state index in [2.05, 4.69) is 15.5 Å². The first-order valence-corrected chi connectivity index (χ1v) is 8.28. The van der Waals surface area contributed by atoms with Gasteiger partial charge in [0.2, 0.25) is 11.8 Å². The number of carbonyl (C=O) groups is 1. The van der Waals surface area contributed by atoms with Crippen molar-refractivity contribution >= 4 is 5.91 Å². The van der Waals surface area contributed by atoms with Gasteiger partial charge in [0.25, 0.3) is 5.91 Å². The minimum atomic E-state index is -0.0960. The molecule has 3 aromatic rings. The average molecular weight is 335 g/mol. The number of hydrogen-bond donors (Lipinski definition) is 1. The molecule has 1 amide bonds. The summed E-state index contributed by atoms with van der Waals surface area (Å²) in [5.41, 5.74) is 5.01. The lowest BCUT2D eigenvalue weighted by molar-refractivity contribution is 0.0953. The third-order valence-electron chi connectivity index (χ3n) is 4.16. The molecule has 0 saturated heterocycles. The molecule has 0 bridgehead atoms. The van der Waals surface area contributed by atoms with Crippen molar-refractivity contribution in [2.45, 2.75) is 27.2 Å². The highest BCUT2D eigenvalue weighted by Gasteiger charge is 2.10. The van der Waals surface area contributed by atoms with E-state index in [-0.39, 0.29) is 5.91 Å². The van der Waals surface area contributed by atoms with Crippen LogP contribution in [0.15, 0.2) is 46.9 Å². The standard InChI is InChI=1S/C20H21N3O2/c1-13-4-7-16(8-5-13)20-23-22-18(25-20)10-11-21-19(24)17-9-6-14(2)15(3)12-17/h4-9,12H,10-11H2,1-3H3,(H,21,24). The molecule has 5 nitrogen and oxygen atoms in total. The van der Waals surface area contributed by atoms with Gasteiger partial charge in [-0.15, -0.1) is 10.2 Å². The van der Waals surface area contributed by atoms with Crippen molar-refractivity contribution in [1.29, 1.82) is 0 Å². The molecule has 0 aliphatic rings. The summed E-state index contributed by atoms with van der Waals surface area (Å²) in [6.45, 7) is 6.50. The van der Waals surface area contributed by atoms with Gasteiger partial charge in [-0.05, 0) is 56.2 Å². The second-order valence-electron chi connectivity index (χ2n) is 6.17. The van der Waals surface area contributed by atoms with Crippen molar-refractivity contribution in [2.24, 2.45) is 0 Å². The Labute approximate surface area is 147 Å². The van der Waals surface area contributed by atoms with E-state index in [4.69, 9.17) is 4.42 Å². The van der Waals surface area contributed by atoms with Crippen LogP contribution in [0.2, 0.25) is 0 Å². The molecule has 0 atom stereocenters. The van der Waals surface area contributed by atoms with Gasteiger partial charge < -0.3 is 9.73 Å². The predicted octanol–water partition coefficient (Wildman–Crippen LogP) is 3.63. The third kappa shape index (κ3) is 4.12. The average Bonchev–Trinajstić information content (AvgIpc) is 3.06. The molecule has 5 heteroatoms. The van der Waals surface area contributed by atoms with Crippen molar-refractivity contribution in [3.63, 3.8) is 0 Å². The summed E-state index contributed by atoms with van der Waals surface area (Å²) in [6.07, 6.45) is 0.495. The van der Waals surface area contributed by atoms with E-state index in [1.807, 2.05) is 63.2 Å². The monoisotopic (exact) mass is 335 g/mol. The molecule has 0 unspecified atom stereocenters. The molecule has 3 rings (SSSR count). The van der Waals surface area contributed by atoms with Crippen molar-refractivity contribution in [1.82, 2.24) is 15.5 Å². The van der Waals surface area contributed by atoms with E-state index >= 15 is 0 Å². The van der Waals surface area contributed by atoms with Gasteiger partial charge in [0, 0.05) is 24.1 Å². The van der Waals surface area contributed by atoms with Crippen LogP contribution in [0.1, 0.15) is 32.9 Å². The van der Waals surface area contributed by atoms with E-state index < -0.39 is 0 Å². The van der Waals surface area contributed by atoms with Gasteiger partial charge in [0.15, 0.2) is 0 Å². The lowest BCUT2D eigenvalue weighted by atomic mass is 10.1. The van der Waals surface area contributed by atoms with Gasteiger partial charge in [-0.3, -0.25) is 4.79 Å². The maximum absolute atomic E-state index is 12.2. The number of aromatic nitrogens is 2. The highest BCUT2D eigenvalue weighted by atomic mass is 16.4. The second kappa shape index (κ2) is 7.30. The number of amides is 1. The summed E-state index contributed by atoms with van der Waals surface area (Å²) in [6, 6.07) is 13.6. The molecular weight excluding hydrogens is 314 g/mol. The summed E-state index contributed by atoms with van der Waals surface area (Å²) in [5, 5.41) is 11.0. The Kier molecular flexibility index (Phi) is 4.93. The van der Waals surface area contributed by atoms with Crippen LogP contribution < -0.4 is 5.32 Å². The Bertz CT molecular complexity index is 882. The highest BCUT2D eigenvalue weighted by Crippen LogP contribution is 2.18. The molecule has 1 N–H and O–H groups in total. The summed E-state index contributed by atoms with van der Waals surface area (Å²) in [5.74, 6) is 0.910. The molecule has 2 aromatic carbocycles. The fourth-order valence-corrected chi connectivity index (χ4v) is 2.44. The maximum atomic E-state index is 12.2. The molecule has 0 fully saturated rings. The Balaban J connectivity index is 1.56. The summed E-state index contributed by atoms with van der Waals surface area (Å²) < 4.78 is 5.66. The van der Waals surface area contributed by atoms with Crippen LogP contribution in [-0.4, -0.2) is 22.6 Å². The van der Waals surface area contributed by atoms with Crippen molar-refractivity contribution in [2.75, 3.05) is 6.54 Å². The smallest absolute Gasteiger partial charge is 0.251 e. The maximum Gasteiger partial charge on any atom is 0.251 e. The third-order valence-corrected chi connectivity index (χ3v) is 4.16. The second-order valence-corrected chi connectivity index (χ2v) is 6.17. The molecule has 0 aliphatic heterocycles. The Hall–Kier alpha value is -2.95. The molecule has 0 radical (unpaired) electrons. The zero-order valence-electron chi connectivity index (χ0n) is 14.7. The largest absolute Gasteiger partial charge is 0.421 e. The van der Waals surface area contributed by atoms with Crippen LogP contribution in [0, 0.1) is 20.8 Å². The van der Waals surface area contributed by atoms with Crippen LogP contribution in [0.25, 0.3) is 11.5 Å². The van der Waals surface area contributed by atoms with Crippen LogP contribution in [0.3, 0.4) is 0 Å². The first-order valence-electron chi connectivity index (χ1n) is 8.28. The van der Waals surface area contributed by atoms with E-state index in [1.165, 1.54) is 11.1 Å². The van der Waals surface area contributed by atoms with Gasteiger partial charge in [0.1, 0.15) is 0 Å². The molecule has 0 aliphatic carbocycles. The van der Waals surface area contributed by atoms with E-state index in [0.717, 1.165) is 11.1 Å².